The summed E-state index contributed by atoms with van der Waals surface area (Å²) < 4.78 is 0. The zero-order valence-corrected chi connectivity index (χ0v) is 10.7. The summed E-state index contributed by atoms with van der Waals surface area (Å²) >= 11 is 1.64. The van der Waals surface area contributed by atoms with Crippen LogP contribution in [0.1, 0.15) is 17.1 Å². The van der Waals surface area contributed by atoms with Gasteiger partial charge in [0, 0.05) is 24.4 Å². The summed E-state index contributed by atoms with van der Waals surface area (Å²) in [5.41, 5.74) is 6.76. The van der Waals surface area contributed by atoms with Crippen molar-refractivity contribution >= 4 is 17.2 Å². The fourth-order valence-corrected chi connectivity index (χ4v) is 2.54. The van der Waals surface area contributed by atoms with Crippen LogP contribution in [0.4, 0.5) is 0 Å². The minimum atomic E-state index is -0.0535. The van der Waals surface area contributed by atoms with Gasteiger partial charge in [0.1, 0.15) is 0 Å². The minimum Gasteiger partial charge on any atom is -0.355 e. The Morgan fingerprint density at radius 3 is 3.06 bits per heavy atom. The molecule has 1 aromatic heterocycles. The van der Waals surface area contributed by atoms with Crippen molar-refractivity contribution in [2.75, 3.05) is 6.54 Å². The maximum atomic E-state index is 11.8. The van der Waals surface area contributed by atoms with Crippen LogP contribution >= 0.6 is 11.3 Å². The van der Waals surface area contributed by atoms with Gasteiger partial charge in [0.15, 0.2) is 0 Å². The zero-order chi connectivity index (χ0) is 12.3. The van der Waals surface area contributed by atoms with E-state index in [1.807, 2.05) is 24.5 Å². The van der Waals surface area contributed by atoms with Gasteiger partial charge in [-0.2, -0.15) is 0 Å². The highest BCUT2D eigenvalue weighted by Crippen LogP contribution is 2.16. The molecule has 4 nitrogen and oxygen atoms in total. The van der Waals surface area contributed by atoms with Crippen LogP contribution in [0.15, 0.2) is 17.5 Å². The number of nitrogens with one attached hydrogen (secondary N) is 1. The van der Waals surface area contributed by atoms with Crippen LogP contribution in [-0.4, -0.2) is 23.5 Å². The molecule has 0 aromatic carbocycles. The highest BCUT2D eigenvalue weighted by atomic mass is 32.1. The third kappa shape index (κ3) is 3.38. The van der Waals surface area contributed by atoms with Gasteiger partial charge in [0.25, 0.3) is 0 Å². The fraction of sp³-hybridized carbons (Fsp3) is 0.500. The van der Waals surface area contributed by atoms with E-state index in [1.165, 1.54) is 0 Å². The van der Waals surface area contributed by atoms with Gasteiger partial charge in [-0.25, -0.2) is 4.98 Å². The summed E-state index contributed by atoms with van der Waals surface area (Å²) in [7, 11) is 0. The van der Waals surface area contributed by atoms with Crippen LogP contribution in [0.3, 0.4) is 0 Å². The Morgan fingerprint density at radius 2 is 2.47 bits per heavy atom. The molecule has 1 aliphatic carbocycles. The lowest BCUT2D eigenvalue weighted by molar-refractivity contribution is -0.123. The molecule has 0 fully saturated rings. The summed E-state index contributed by atoms with van der Waals surface area (Å²) in [6, 6.07) is 0.0342. The molecule has 3 N–H and O–H groups in total. The van der Waals surface area contributed by atoms with Gasteiger partial charge in [0.05, 0.1) is 16.6 Å². The van der Waals surface area contributed by atoms with Crippen LogP contribution in [0.5, 0.6) is 0 Å². The smallest absolute Gasteiger partial charge is 0.227 e. The predicted octanol–water partition coefficient (Wildman–Crippen LogP) is 1.01. The summed E-state index contributed by atoms with van der Waals surface area (Å²) in [5, 5.41) is 6.02. The average Bonchev–Trinajstić information content (AvgIpc) is 2.88. The predicted molar refractivity (Wildman–Crippen MR) is 68.8 cm³/mol. The molecule has 0 bridgehead atoms. The minimum absolute atomic E-state index is 0.0342. The standard InChI is InChI=1S/C12H17N3OS/c1-8-15-11(7-17-8)4-5-14-12(16)9-2-3-10(13)6-9/h2-3,7,9-10H,4-6,13H2,1H3,(H,14,16). The lowest BCUT2D eigenvalue weighted by atomic mass is 10.1. The van der Waals surface area contributed by atoms with Gasteiger partial charge in [0.2, 0.25) is 5.91 Å². The number of hydrogen-bond donors (Lipinski definition) is 2. The first-order valence-corrected chi connectivity index (χ1v) is 6.66. The lowest BCUT2D eigenvalue weighted by Gasteiger charge is -2.09. The Morgan fingerprint density at radius 1 is 1.65 bits per heavy atom. The molecule has 1 aromatic rings. The summed E-state index contributed by atoms with van der Waals surface area (Å²) in [6.07, 6.45) is 5.31. The molecule has 0 spiro atoms. The first-order chi connectivity index (χ1) is 8.15. The topological polar surface area (TPSA) is 68.0 Å². The zero-order valence-electron chi connectivity index (χ0n) is 9.85. The van der Waals surface area contributed by atoms with Crippen molar-refractivity contribution in [1.82, 2.24) is 10.3 Å². The maximum absolute atomic E-state index is 11.8. The van der Waals surface area contributed by atoms with Crippen LogP contribution in [0, 0.1) is 12.8 Å². The number of amides is 1. The van der Waals surface area contributed by atoms with Crippen LogP contribution < -0.4 is 11.1 Å². The second-order valence-corrected chi connectivity index (χ2v) is 5.35. The van der Waals surface area contributed by atoms with Gasteiger partial charge < -0.3 is 11.1 Å². The Bertz CT molecular complexity index is 427. The van der Waals surface area contributed by atoms with E-state index in [9.17, 15) is 4.79 Å². The van der Waals surface area contributed by atoms with E-state index in [0.717, 1.165) is 23.5 Å². The molecular formula is C12H17N3OS. The summed E-state index contributed by atoms with van der Waals surface area (Å²) in [6.45, 7) is 2.62. The van der Waals surface area contributed by atoms with Crippen LogP contribution in [0.2, 0.25) is 0 Å². The highest BCUT2D eigenvalue weighted by molar-refractivity contribution is 7.09. The summed E-state index contributed by atoms with van der Waals surface area (Å²) in [5.74, 6) is 0.0170. The molecule has 0 radical (unpaired) electrons. The number of rotatable bonds is 4. The second kappa shape index (κ2) is 5.42. The summed E-state index contributed by atoms with van der Waals surface area (Å²) in [4.78, 5) is 16.1. The molecule has 0 saturated heterocycles. The number of aromatic nitrogens is 1. The fourth-order valence-electron chi connectivity index (χ4n) is 1.89. The number of nitrogens with zero attached hydrogens (tertiary/aromatic N) is 1. The van der Waals surface area contributed by atoms with Crippen molar-refractivity contribution in [1.29, 1.82) is 0 Å². The Hall–Kier alpha value is -1.20. The molecule has 2 atom stereocenters. The molecular weight excluding hydrogens is 234 g/mol. The van der Waals surface area contributed by atoms with Gasteiger partial charge >= 0.3 is 0 Å². The van der Waals surface area contributed by atoms with Crippen molar-refractivity contribution < 1.29 is 4.79 Å². The number of aryl methyl sites for hydroxylation is 1. The Labute approximate surface area is 105 Å². The number of carbonyl (C=O) groups is 1. The molecule has 2 rings (SSSR count). The average molecular weight is 251 g/mol. The molecule has 1 aliphatic rings. The third-order valence-corrected chi connectivity index (χ3v) is 3.62. The second-order valence-electron chi connectivity index (χ2n) is 4.29. The van der Waals surface area contributed by atoms with Crippen molar-refractivity contribution in [3.8, 4) is 0 Å². The number of carbonyl (C=O) groups excluding carboxylic acids is 1. The molecule has 0 saturated carbocycles. The van der Waals surface area contributed by atoms with Crippen molar-refractivity contribution in [3.05, 3.63) is 28.2 Å². The van der Waals surface area contributed by atoms with E-state index >= 15 is 0 Å². The van der Waals surface area contributed by atoms with Crippen molar-refractivity contribution in [2.45, 2.75) is 25.8 Å². The van der Waals surface area contributed by atoms with E-state index in [1.54, 1.807) is 11.3 Å². The highest BCUT2D eigenvalue weighted by Gasteiger charge is 2.22. The lowest BCUT2D eigenvalue weighted by Crippen LogP contribution is -2.32. The number of hydrogen-bond acceptors (Lipinski definition) is 4. The normalized spacial score (nSPS) is 22.9. The van der Waals surface area contributed by atoms with Gasteiger partial charge in [-0.3, -0.25) is 4.79 Å². The largest absolute Gasteiger partial charge is 0.355 e. The van der Waals surface area contributed by atoms with Crippen molar-refractivity contribution in [3.63, 3.8) is 0 Å². The monoisotopic (exact) mass is 251 g/mol. The number of thiazole rings is 1. The molecule has 2 unspecified atom stereocenters. The van der Waals surface area contributed by atoms with E-state index in [4.69, 9.17) is 5.73 Å². The van der Waals surface area contributed by atoms with E-state index < -0.39 is 0 Å². The molecule has 1 amide bonds. The SMILES string of the molecule is Cc1nc(CCNC(=O)C2C=CC(N)C2)cs1. The van der Waals surface area contributed by atoms with Crippen molar-refractivity contribution in [2.24, 2.45) is 11.7 Å². The first-order valence-electron chi connectivity index (χ1n) is 5.78. The third-order valence-electron chi connectivity index (χ3n) is 2.80. The van der Waals surface area contributed by atoms with E-state index in [-0.39, 0.29) is 17.9 Å². The quantitative estimate of drug-likeness (QED) is 0.785. The van der Waals surface area contributed by atoms with E-state index in [2.05, 4.69) is 10.3 Å². The molecule has 5 heteroatoms. The Balaban J connectivity index is 1.72. The number of nitrogens with two attached hydrogens (primary N) is 1. The van der Waals surface area contributed by atoms with Crippen LogP contribution in [0.25, 0.3) is 0 Å². The Kier molecular flexibility index (Phi) is 3.91. The molecule has 0 aliphatic heterocycles. The van der Waals surface area contributed by atoms with Crippen LogP contribution in [-0.2, 0) is 11.2 Å². The first kappa shape index (κ1) is 12.3. The molecule has 1 heterocycles. The van der Waals surface area contributed by atoms with Gasteiger partial charge in [-0.05, 0) is 13.3 Å². The van der Waals surface area contributed by atoms with Gasteiger partial charge in [-0.1, -0.05) is 12.2 Å². The molecule has 17 heavy (non-hydrogen) atoms. The van der Waals surface area contributed by atoms with Gasteiger partial charge in [-0.15, -0.1) is 11.3 Å². The molecule has 92 valence electrons. The maximum Gasteiger partial charge on any atom is 0.227 e. The van der Waals surface area contributed by atoms with E-state index in [0.29, 0.717) is 6.54 Å².